The Kier molecular flexibility index (Phi) is 4.52. The lowest BCUT2D eigenvalue weighted by Gasteiger charge is -2.12. The maximum Gasteiger partial charge on any atom is 0.313 e. The zero-order valence-electron chi connectivity index (χ0n) is 11.2. The number of amides is 2. The second kappa shape index (κ2) is 6.17. The summed E-state index contributed by atoms with van der Waals surface area (Å²) in [4.78, 5) is 48.0. The molecule has 1 aromatic carbocycles. The molecule has 0 saturated carbocycles. The van der Waals surface area contributed by atoms with Crippen molar-refractivity contribution in [2.24, 2.45) is 0 Å². The number of nitrogens with zero attached hydrogens (tertiary/aromatic N) is 1. The van der Waals surface area contributed by atoms with E-state index in [0.29, 0.717) is 4.47 Å². The van der Waals surface area contributed by atoms with E-state index in [1.807, 2.05) is 0 Å². The first kappa shape index (κ1) is 15.4. The summed E-state index contributed by atoms with van der Waals surface area (Å²) in [6.07, 6.45) is -0.453. The highest BCUT2D eigenvalue weighted by atomic mass is 79.9. The molecule has 2 rings (SSSR count). The fourth-order valence-electron chi connectivity index (χ4n) is 2.01. The van der Waals surface area contributed by atoms with Gasteiger partial charge in [-0.2, -0.15) is 0 Å². The lowest BCUT2D eigenvalue weighted by Crippen LogP contribution is -2.35. The van der Waals surface area contributed by atoms with E-state index in [4.69, 9.17) is 0 Å². The number of benzene rings is 1. The number of hydrogen-bond acceptors (Lipinski definition) is 5. The van der Waals surface area contributed by atoms with Gasteiger partial charge in [-0.3, -0.25) is 24.1 Å². The number of imide groups is 1. The Balaban J connectivity index is 2.10. The highest BCUT2D eigenvalue weighted by molar-refractivity contribution is 9.10. The average Bonchev–Trinajstić information content (AvgIpc) is 2.64. The monoisotopic (exact) mass is 353 g/mol. The second-order valence-corrected chi connectivity index (χ2v) is 5.32. The minimum Gasteiger partial charge on any atom is -0.466 e. The Labute approximate surface area is 129 Å². The van der Waals surface area contributed by atoms with Gasteiger partial charge >= 0.3 is 5.97 Å². The number of rotatable bonds is 5. The van der Waals surface area contributed by atoms with Crippen LogP contribution in [0.4, 0.5) is 0 Å². The molecule has 6 nitrogen and oxygen atoms in total. The van der Waals surface area contributed by atoms with E-state index in [2.05, 4.69) is 20.7 Å². The van der Waals surface area contributed by atoms with Crippen molar-refractivity contribution in [2.45, 2.75) is 13.3 Å². The molecule has 0 aliphatic carbocycles. The van der Waals surface area contributed by atoms with Crippen molar-refractivity contribution >= 4 is 39.5 Å². The molecule has 0 saturated heterocycles. The zero-order chi connectivity index (χ0) is 15.6. The van der Waals surface area contributed by atoms with E-state index < -0.39 is 36.5 Å². The molecule has 0 N–H and O–H groups in total. The number of carbonyl (C=O) groups excluding carboxylic acids is 4. The van der Waals surface area contributed by atoms with Crippen LogP contribution < -0.4 is 0 Å². The summed E-state index contributed by atoms with van der Waals surface area (Å²) in [6, 6.07) is 4.70. The maximum absolute atomic E-state index is 12.1. The average molecular weight is 354 g/mol. The van der Waals surface area contributed by atoms with Crippen molar-refractivity contribution in [2.75, 3.05) is 13.2 Å². The number of Topliss-reactive ketones (excluding diaryl/α,β-unsaturated/α-hetero) is 1. The van der Waals surface area contributed by atoms with Crippen LogP contribution in [0.2, 0.25) is 0 Å². The quantitative estimate of drug-likeness (QED) is 0.456. The van der Waals surface area contributed by atoms with Gasteiger partial charge in [0.25, 0.3) is 11.8 Å². The molecule has 0 aromatic heterocycles. The van der Waals surface area contributed by atoms with Crippen LogP contribution in [-0.4, -0.2) is 41.6 Å². The van der Waals surface area contributed by atoms with Crippen molar-refractivity contribution < 1.29 is 23.9 Å². The van der Waals surface area contributed by atoms with Crippen molar-refractivity contribution in [1.82, 2.24) is 4.90 Å². The molecule has 1 aromatic rings. The predicted octanol–water partition coefficient (Wildman–Crippen LogP) is 1.57. The van der Waals surface area contributed by atoms with Gasteiger partial charge in [0.05, 0.1) is 24.3 Å². The third kappa shape index (κ3) is 3.18. The van der Waals surface area contributed by atoms with Gasteiger partial charge in [0.15, 0.2) is 5.78 Å². The van der Waals surface area contributed by atoms with Crippen LogP contribution in [0, 0.1) is 0 Å². The van der Waals surface area contributed by atoms with Crippen LogP contribution >= 0.6 is 15.9 Å². The molecule has 1 aliphatic rings. The third-order valence-corrected chi connectivity index (χ3v) is 3.41. The van der Waals surface area contributed by atoms with Crippen molar-refractivity contribution in [3.8, 4) is 0 Å². The minimum absolute atomic E-state index is 0.174. The Morgan fingerprint density at radius 2 is 1.86 bits per heavy atom. The largest absolute Gasteiger partial charge is 0.466 e. The number of carbonyl (C=O) groups is 4. The van der Waals surface area contributed by atoms with Gasteiger partial charge in [-0.15, -0.1) is 0 Å². The van der Waals surface area contributed by atoms with Gasteiger partial charge in [-0.25, -0.2) is 0 Å². The van der Waals surface area contributed by atoms with E-state index in [9.17, 15) is 19.2 Å². The van der Waals surface area contributed by atoms with E-state index in [-0.39, 0.29) is 17.7 Å². The Hall–Kier alpha value is -2.02. The molecule has 0 radical (unpaired) electrons. The lowest BCUT2D eigenvalue weighted by atomic mass is 10.1. The third-order valence-electron chi connectivity index (χ3n) is 2.91. The molecule has 7 heteroatoms. The minimum atomic E-state index is -0.665. The topological polar surface area (TPSA) is 80.8 Å². The molecule has 2 amide bonds. The summed E-state index contributed by atoms with van der Waals surface area (Å²) in [5.74, 6) is -2.27. The van der Waals surface area contributed by atoms with Crippen molar-refractivity contribution in [3.63, 3.8) is 0 Å². The lowest BCUT2D eigenvalue weighted by molar-refractivity contribution is -0.145. The van der Waals surface area contributed by atoms with Crippen LogP contribution in [0.5, 0.6) is 0 Å². The van der Waals surface area contributed by atoms with E-state index in [1.54, 1.807) is 13.0 Å². The smallest absolute Gasteiger partial charge is 0.313 e. The molecule has 0 spiro atoms. The van der Waals surface area contributed by atoms with Crippen LogP contribution in [-0.2, 0) is 14.3 Å². The van der Waals surface area contributed by atoms with Crippen LogP contribution in [0.1, 0.15) is 34.1 Å². The van der Waals surface area contributed by atoms with Crippen molar-refractivity contribution in [3.05, 3.63) is 33.8 Å². The molecule has 21 heavy (non-hydrogen) atoms. The molecule has 110 valence electrons. The number of esters is 1. The van der Waals surface area contributed by atoms with Gasteiger partial charge in [0, 0.05) is 4.47 Å². The fraction of sp³-hybridized carbons (Fsp3) is 0.286. The van der Waals surface area contributed by atoms with Gasteiger partial charge in [0.1, 0.15) is 6.42 Å². The Morgan fingerprint density at radius 1 is 1.19 bits per heavy atom. The van der Waals surface area contributed by atoms with Gasteiger partial charge in [0.2, 0.25) is 0 Å². The molecule has 1 heterocycles. The summed E-state index contributed by atoms with van der Waals surface area (Å²) >= 11 is 3.22. The molecule has 0 bridgehead atoms. The summed E-state index contributed by atoms with van der Waals surface area (Å²) in [6.45, 7) is 1.38. The normalized spacial score (nSPS) is 13.3. The molecule has 0 atom stereocenters. The molecular weight excluding hydrogens is 342 g/mol. The summed E-state index contributed by atoms with van der Waals surface area (Å²) < 4.78 is 5.32. The number of ketones is 1. The van der Waals surface area contributed by atoms with Gasteiger partial charge in [-0.05, 0) is 25.1 Å². The number of halogens is 1. The number of ether oxygens (including phenoxy) is 1. The van der Waals surface area contributed by atoms with E-state index in [0.717, 1.165) is 4.90 Å². The number of hydrogen-bond donors (Lipinski definition) is 0. The highest BCUT2D eigenvalue weighted by Gasteiger charge is 2.36. The standard InChI is InChI=1S/C14H12BrNO5/c1-2-21-12(18)6-9(17)7-16-13(19)10-4-3-8(15)5-11(10)14(16)20/h3-5H,2,6-7H2,1H3. The SMILES string of the molecule is CCOC(=O)CC(=O)CN1C(=O)c2ccc(Br)cc2C1=O. The molecular formula is C14H12BrNO5. The second-order valence-electron chi connectivity index (χ2n) is 4.41. The first-order valence-electron chi connectivity index (χ1n) is 6.27. The summed E-state index contributed by atoms with van der Waals surface area (Å²) in [5, 5.41) is 0. The van der Waals surface area contributed by atoms with Crippen LogP contribution in [0.3, 0.4) is 0 Å². The summed E-state index contributed by atoms with van der Waals surface area (Å²) in [7, 11) is 0. The Morgan fingerprint density at radius 3 is 2.52 bits per heavy atom. The predicted molar refractivity (Wildman–Crippen MR) is 75.8 cm³/mol. The van der Waals surface area contributed by atoms with Crippen LogP contribution in [0.15, 0.2) is 22.7 Å². The molecule has 1 aliphatic heterocycles. The van der Waals surface area contributed by atoms with E-state index >= 15 is 0 Å². The van der Waals surface area contributed by atoms with Crippen LogP contribution in [0.25, 0.3) is 0 Å². The maximum atomic E-state index is 12.1. The Bertz CT molecular complexity index is 640. The van der Waals surface area contributed by atoms with Gasteiger partial charge < -0.3 is 4.74 Å². The summed E-state index contributed by atoms with van der Waals surface area (Å²) in [5.41, 5.74) is 0.505. The number of fused-ring (bicyclic) bond motifs is 1. The van der Waals surface area contributed by atoms with E-state index in [1.165, 1.54) is 12.1 Å². The zero-order valence-corrected chi connectivity index (χ0v) is 12.8. The molecule has 0 unspecified atom stereocenters. The highest BCUT2D eigenvalue weighted by Crippen LogP contribution is 2.25. The molecule has 0 fully saturated rings. The fourth-order valence-corrected chi connectivity index (χ4v) is 2.37. The first-order valence-corrected chi connectivity index (χ1v) is 7.06. The van der Waals surface area contributed by atoms with Gasteiger partial charge in [-0.1, -0.05) is 15.9 Å². The van der Waals surface area contributed by atoms with Crippen molar-refractivity contribution in [1.29, 1.82) is 0 Å². The first-order chi connectivity index (χ1) is 9.93.